The zero-order chi connectivity index (χ0) is 17.9. The van der Waals surface area contributed by atoms with Crippen molar-refractivity contribution in [2.75, 3.05) is 13.1 Å². The molecule has 0 saturated carbocycles. The van der Waals surface area contributed by atoms with E-state index in [4.69, 9.17) is 0 Å². The second-order valence-electron chi connectivity index (χ2n) is 7.11. The first kappa shape index (κ1) is 16.9. The van der Waals surface area contributed by atoms with Gasteiger partial charge in [-0.2, -0.15) is 0 Å². The second-order valence-corrected chi connectivity index (χ2v) is 7.11. The van der Waals surface area contributed by atoms with Gasteiger partial charge in [-0.3, -0.25) is 4.79 Å². The molecule has 2 heterocycles. The van der Waals surface area contributed by atoms with Crippen LogP contribution in [0.5, 0.6) is 0 Å². The fourth-order valence-electron chi connectivity index (χ4n) is 3.94. The summed E-state index contributed by atoms with van der Waals surface area (Å²) in [6, 6.07) is 17.9. The van der Waals surface area contributed by atoms with Gasteiger partial charge in [-0.05, 0) is 36.0 Å². The average Bonchev–Trinajstić information content (AvgIpc) is 3.11. The van der Waals surface area contributed by atoms with Gasteiger partial charge in [0.2, 0.25) is 5.91 Å². The van der Waals surface area contributed by atoms with Gasteiger partial charge in [0, 0.05) is 30.2 Å². The topological polar surface area (TPSA) is 56.3 Å². The second kappa shape index (κ2) is 7.34. The Morgan fingerprint density at radius 2 is 1.77 bits per heavy atom. The molecule has 4 nitrogen and oxygen atoms in total. The first-order chi connectivity index (χ1) is 12.7. The molecule has 0 aliphatic carbocycles. The van der Waals surface area contributed by atoms with Crippen LogP contribution in [0, 0.1) is 5.92 Å². The summed E-state index contributed by atoms with van der Waals surface area (Å²) in [6.07, 6.45) is 3.61. The summed E-state index contributed by atoms with van der Waals surface area (Å²) in [4.78, 5) is 17.9. The summed E-state index contributed by atoms with van der Waals surface area (Å²) < 4.78 is 0. The van der Waals surface area contributed by atoms with Crippen molar-refractivity contribution in [2.45, 2.75) is 25.4 Å². The van der Waals surface area contributed by atoms with E-state index >= 15 is 0 Å². The standard InChI is InChI=1S/C22H24N2O2/c25-21(14-18-15-23-20-9-5-4-8-19(18)20)24-12-10-17(11-13-24)22(26)16-6-2-1-3-7-16/h1-9,15,17,22-23,26H,10-14H2. The number of likely N-dealkylation sites (tertiary alicyclic amines) is 1. The van der Waals surface area contributed by atoms with Crippen molar-refractivity contribution in [3.63, 3.8) is 0 Å². The van der Waals surface area contributed by atoms with E-state index in [1.54, 1.807) is 0 Å². The number of hydrogen-bond donors (Lipinski definition) is 2. The zero-order valence-corrected chi connectivity index (χ0v) is 14.8. The molecule has 1 aliphatic rings. The number of fused-ring (bicyclic) bond motifs is 1. The number of benzene rings is 2. The lowest BCUT2D eigenvalue weighted by Crippen LogP contribution is -2.40. The molecule has 0 radical (unpaired) electrons. The molecule has 4 heteroatoms. The number of aromatic amines is 1. The molecule has 1 aliphatic heterocycles. The Balaban J connectivity index is 1.36. The molecule has 0 bridgehead atoms. The third-order valence-corrected chi connectivity index (χ3v) is 5.50. The first-order valence-electron chi connectivity index (χ1n) is 9.28. The van der Waals surface area contributed by atoms with Gasteiger partial charge in [-0.15, -0.1) is 0 Å². The van der Waals surface area contributed by atoms with E-state index in [9.17, 15) is 9.90 Å². The molecule has 134 valence electrons. The molecular weight excluding hydrogens is 324 g/mol. The predicted molar refractivity (Wildman–Crippen MR) is 103 cm³/mol. The number of aliphatic hydroxyl groups excluding tert-OH is 1. The molecular formula is C22H24N2O2. The molecule has 2 N–H and O–H groups in total. The third-order valence-electron chi connectivity index (χ3n) is 5.50. The Hall–Kier alpha value is -2.59. The summed E-state index contributed by atoms with van der Waals surface area (Å²) in [6.45, 7) is 1.44. The highest BCUT2D eigenvalue weighted by Crippen LogP contribution is 2.31. The van der Waals surface area contributed by atoms with Gasteiger partial charge >= 0.3 is 0 Å². The van der Waals surface area contributed by atoms with Crippen LogP contribution in [-0.2, 0) is 11.2 Å². The van der Waals surface area contributed by atoms with Crippen molar-refractivity contribution in [1.29, 1.82) is 0 Å². The maximum atomic E-state index is 12.7. The normalized spacial score (nSPS) is 16.7. The number of amides is 1. The van der Waals surface area contributed by atoms with Crippen molar-refractivity contribution in [2.24, 2.45) is 5.92 Å². The minimum atomic E-state index is -0.443. The Kier molecular flexibility index (Phi) is 4.76. The number of carbonyl (C=O) groups excluding carboxylic acids is 1. The maximum Gasteiger partial charge on any atom is 0.227 e. The van der Waals surface area contributed by atoms with Crippen LogP contribution < -0.4 is 0 Å². The smallest absolute Gasteiger partial charge is 0.227 e. The average molecular weight is 348 g/mol. The number of carbonyl (C=O) groups is 1. The summed E-state index contributed by atoms with van der Waals surface area (Å²) in [5, 5.41) is 11.7. The number of hydrogen-bond acceptors (Lipinski definition) is 2. The molecule has 0 spiro atoms. The van der Waals surface area contributed by atoms with E-state index in [2.05, 4.69) is 11.1 Å². The summed E-state index contributed by atoms with van der Waals surface area (Å²) in [5.41, 5.74) is 3.09. The molecule has 2 aromatic carbocycles. The fourth-order valence-corrected chi connectivity index (χ4v) is 3.94. The van der Waals surface area contributed by atoms with E-state index in [0.29, 0.717) is 6.42 Å². The van der Waals surface area contributed by atoms with Gasteiger partial charge < -0.3 is 15.0 Å². The molecule has 1 atom stereocenters. The SMILES string of the molecule is O=C(Cc1c[nH]c2ccccc12)N1CCC(C(O)c2ccccc2)CC1. The lowest BCUT2D eigenvalue weighted by molar-refractivity contribution is -0.132. The van der Waals surface area contributed by atoms with Gasteiger partial charge in [0.05, 0.1) is 12.5 Å². The Labute approximate surface area is 153 Å². The van der Waals surface area contributed by atoms with Crippen molar-refractivity contribution < 1.29 is 9.90 Å². The quantitative estimate of drug-likeness (QED) is 0.756. The molecule has 1 fully saturated rings. The number of para-hydroxylation sites is 1. The molecule has 1 saturated heterocycles. The summed E-state index contributed by atoms with van der Waals surface area (Å²) >= 11 is 0. The number of aromatic nitrogens is 1. The number of piperidine rings is 1. The Bertz CT molecular complexity index is 879. The van der Waals surface area contributed by atoms with Crippen LogP contribution in [0.3, 0.4) is 0 Å². The van der Waals surface area contributed by atoms with Crippen LogP contribution in [0.25, 0.3) is 10.9 Å². The van der Waals surface area contributed by atoms with E-state index in [0.717, 1.165) is 48.0 Å². The fraction of sp³-hybridized carbons (Fsp3) is 0.318. The van der Waals surface area contributed by atoms with Crippen LogP contribution in [0.1, 0.15) is 30.1 Å². The van der Waals surface area contributed by atoms with Crippen molar-refractivity contribution in [3.8, 4) is 0 Å². The minimum absolute atomic E-state index is 0.169. The number of nitrogens with one attached hydrogen (secondary N) is 1. The monoisotopic (exact) mass is 348 g/mol. The largest absolute Gasteiger partial charge is 0.388 e. The van der Waals surface area contributed by atoms with Gasteiger partial charge in [-0.1, -0.05) is 48.5 Å². The van der Waals surface area contributed by atoms with Gasteiger partial charge in [-0.25, -0.2) is 0 Å². The summed E-state index contributed by atoms with van der Waals surface area (Å²) in [5.74, 6) is 0.386. The zero-order valence-electron chi connectivity index (χ0n) is 14.8. The van der Waals surface area contributed by atoms with E-state index in [-0.39, 0.29) is 11.8 Å². The first-order valence-corrected chi connectivity index (χ1v) is 9.28. The van der Waals surface area contributed by atoms with E-state index in [1.165, 1.54) is 0 Å². The highest BCUT2D eigenvalue weighted by molar-refractivity contribution is 5.88. The number of aliphatic hydroxyl groups is 1. The summed E-state index contributed by atoms with van der Waals surface area (Å²) in [7, 11) is 0. The molecule has 3 aromatic rings. The van der Waals surface area contributed by atoms with Crippen LogP contribution >= 0.6 is 0 Å². The molecule has 4 rings (SSSR count). The number of rotatable bonds is 4. The number of H-pyrrole nitrogens is 1. The Morgan fingerprint density at radius 3 is 2.54 bits per heavy atom. The molecule has 1 unspecified atom stereocenters. The van der Waals surface area contributed by atoms with Gasteiger partial charge in [0.1, 0.15) is 0 Å². The van der Waals surface area contributed by atoms with Crippen LogP contribution in [0.4, 0.5) is 0 Å². The van der Waals surface area contributed by atoms with Gasteiger partial charge in [0.25, 0.3) is 0 Å². The maximum absolute atomic E-state index is 12.7. The lowest BCUT2D eigenvalue weighted by atomic mass is 9.87. The third kappa shape index (κ3) is 3.37. The lowest BCUT2D eigenvalue weighted by Gasteiger charge is -2.34. The van der Waals surface area contributed by atoms with Crippen molar-refractivity contribution >= 4 is 16.8 Å². The van der Waals surface area contributed by atoms with Crippen LogP contribution in [0.15, 0.2) is 60.8 Å². The van der Waals surface area contributed by atoms with Crippen LogP contribution in [0.2, 0.25) is 0 Å². The van der Waals surface area contributed by atoms with Crippen LogP contribution in [-0.4, -0.2) is 34.0 Å². The van der Waals surface area contributed by atoms with E-state index in [1.807, 2.05) is 59.6 Å². The van der Waals surface area contributed by atoms with Crippen molar-refractivity contribution in [3.05, 3.63) is 71.9 Å². The van der Waals surface area contributed by atoms with E-state index < -0.39 is 6.10 Å². The highest BCUT2D eigenvalue weighted by atomic mass is 16.3. The van der Waals surface area contributed by atoms with Gasteiger partial charge in [0.15, 0.2) is 0 Å². The van der Waals surface area contributed by atoms with Crippen molar-refractivity contribution in [1.82, 2.24) is 9.88 Å². The number of nitrogens with zero attached hydrogens (tertiary/aromatic N) is 1. The highest BCUT2D eigenvalue weighted by Gasteiger charge is 2.28. The molecule has 1 aromatic heterocycles. The minimum Gasteiger partial charge on any atom is -0.388 e. The molecule has 26 heavy (non-hydrogen) atoms. The predicted octanol–water partition coefficient (Wildman–Crippen LogP) is 3.68. The molecule has 1 amide bonds. The Morgan fingerprint density at radius 1 is 1.08 bits per heavy atom.